The number of ketones is 1. The van der Waals surface area contributed by atoms with Crippen LogP contribution in [-0.4, -0.2) is 34.8 Å². The summed E-state index contributed by atoms with van der Waals surface area (Å²) in [7, 11) is 1.56. The number of ether oxygens (including phenoxy) is 1. The number of benzene rings is 2. The SMILES string of the molecule is COCCn1c(SCC(=O)c2ccc(Cl)c(Cl)c2)nc2cc(Cl)ccc2c1=O. The lowest BCUT2D eigenvalue weighted by Gasteiger charge is -2.12. The van der Waals surface area contributed by atoms with Gasteiger partial charge in [0.2, 0.25) is 0 Å². The number of rotatable bonds is 7. The Kier molecular flexibility index (Phi) is 7.01. The third kappa shape index (κ3) is 4.70. The topological polar surface area (TPSA) is 61.2 Å². The molecule has 28 heavy (non-hydrogen) atoms. The van der Waals surface area contributed by atoms with Gasteiger partial charge in [0, 0.05) is 17.7 Å². The lowest BCUT2D eigenvalue weighted by atomic mass is 10.1. The van der Waals surface area contributed by atoms with E-state index in [1.165, 1.54) is 22.4 Å². The van der Waals surface area contributed by atoms with E-state index in [1.807, 2.05) is 0 Å². The Morgan fingerprint density at radius 1 is 1.14 bits per heavy atom. The van der Waals surface area contributed by atoms with Crippen LogP contribution in [0.15, 0.2) is 46.3 Å². The molecule has 3 rings (SSSR count). The molecule has 0 spiro atoms. The van der Waals surface area contributed by atoms with Crippen molar-refractivity contribution >= 4 is 63.3 Å². The maximum Gasteiger partial charge on any atom is 0.262 e. The van der Waals surface area contributed by atoms with Gasteiger partial charge in [0.05, 0.1) is 39.9 Å². The van der Waals surface area contributed by atoms with Gasteiger partial charge < -0.3 is 4.74 Å². The fourth-order valence-corrected chi connectivity index (χ4v) is 3.93. The van der Waals surface area contributed by atoms with E-state index in [0.29, 0.717) is 49.8 Å². The van der Waals surface area contributed by atoms with Gasteiger partial charge in [-0.15, -0.1) is 0 Å². The van der Waals surface area contributed by atoms with Crippen LogP contribution in [-0.2, 0) is 11.3 Å². The Bertz CT molecular complexity index is 1100. The third-order valence-corrected chi connectivity index (χ3v) is 5.93. The second kappa shape index (κ2) is 9.29. The molecule has 0 saturated carbocycles. The van der Waals surface area contributed by atoms with Crippen LogP contribution >= 0.6 is 46.6 Å². The molecule has 0 aliphatic carbocycles. The summed E-state index contributed by atoms with van der Waals surface area (Å²) in [6.07, 6.45) is 0. The summed E-state index contributed by atoms with van der Waals surface area (Å²) >= 11 is 19.1. The average Bonchev–Trinajstić information content (AvgIpc) is 2.67. The normalized spacial score (nSPS) is 11.1. The molecule has 2 aromatic carbocycles. The fraction of sp³-hybridized carbons (Fsp3) is 0.211. The number of Topliss-reactive ketones (excluding diaryl/α,β-unsaturated/α-hetero) is 1. The van der Waals surface area contributed by atoms with E-state index < -0.39 is 0 Å². The summed E-state index contributed by atoms with van der Waals surface area (Å²) in [6.45, 7) is 0.666. The van der Waals surface area contributed by atoms with Gasteiger partial charge in [-0.1, -0.05) is 46.6 Å². The van der Waals surface area contributed by atoms with Crippen LogP contribution < -0.4 is 5.56 Å². The van der Waals surface area contributed by atoms with E-state index in [-0.39, 0.29) is 17.1 Å². The molecule has 5 nitrogen and oxygen atoms in total. The number of nitrogens with zero attached hydrogens (tertiary/aromatic N) is 2. The van der Waals surface area contributed by atoms with Gasteiger partial charge in [0.1, 0.15) is 0 Å². The van der Waals surface area contributed by atoms with E-state index in [9.17, 15) is 9.59 Å². The molecule has 9 heteroatoms. The maximum atomic E-state index is 12.9. The number of fused-ring (bicyclic) bond motifs is 1. The highest BCUT2D eigenvalue weighted by Crippen LogP contribution is 2.25. The first-order valence-corrected chi connectivity index (χ1v) is 10.3. The zero-order valence-corrected chi connectivity index (χ0v) is 17.8. The Balaban J connectivity index is 1.92. The summed E-state index contributed by atoms with van der Waals surface area (Å²) in [6, 6.07) is 9.64. The van der Waals surface area contributed by atoms with Gasteiger partial charge >= 0.3 is 0 Å². The minimum Gasteiger partial charge on any atom is -0.383 e. The highest BCUT2D eigenvalue weighted by molar-refractivity contribution is 7.99. The predicted octanol–water partition coefficient (Wildman–Crippen LogP) is 4.98. The third-order valence-electron chi connectivity index (χ3n) is 3.98. The van der Waals surface area contributed by atoms with Gasteiger partial charge in [0.25, 0.3) is 5.56 Å². The summed E-state index contributed by atoms with van der Waals surface area (Å²) < 4.78 is 6.60. The maximum absolute atomic E-state index is 12.9. The smallest absolute Gasteiger partial charge is 0.262 e. The molecule has 0 bridgehead atoms. The van der Waals surface area contributed by atoms with Gasteiger partial charge in [0.15, 0.2) is 10.9 Å². The van der Waals surface area contributed by atoms with Crippen molar-refractivity contribution < 1.29 is 9.53 Å². The monoisotopic (exact) mass is 456 g/mol. The number of hydrogen-bond donors (Lipinski definition) is 0. The van der Waals surface area contributed by atoms with Crippen LogP contribution in [0.5, 0.6) is 0 Å². The minimum atomic E-state index is -0.205. The first kappa shape index (κ1) is 21.1. The largest absolute Gasteiger partial charge is 0.383 e. The molecule has 0 radical (unpaired) electrons. The number of aromatic nitrogens is 2. The first-order chi connectivity index (χ1) is 13.4. The van der Waals surface area contributed by atoms with Crippen LogP contribution in [0, 0.1) is 0 Å². The highest BCUT2D eigenvalue weighted by Gasteiger charge is 2.15. The van der Waals surface area contributed by atoms with Crippen molar-refractivity contribution in [2.45, 2.75) is 11.7 Å². The zero-order valence-electron chi connectivity index (χ0n) is 14.7. The van der Waals surface area contributed by atoms with Crippen molar-refractivity contribution in [3.63, 3.8) is 0 Å². The molecule has 0 aliphatic rings. The van der Waals surface area contributed by atoms with E-state index >= 15 is 0 Å². The van der Waals surface area contributed by atoms with E-state index in [2.05, 4.69) is 4.98 Å². The second-order valence-electron chi connectivity index (χ2n) is 5.85. The van der Waals surface area contributed by atoms with Crippen LogP contribution in [0.1, 0.15) is 10.4 Å². The molecule has 1 aromatic heterocycles. The van der Waals surface area contributed by atoms with E-state index in [4.69, 9.17) is 39.5 Å². The number of carbonyl (C=O) groups is 1. The standard InChI is InChI=1S/C19H15Cl3N2O3S/c1-27-7-6-24-18(26)13-4-3-12(20)9-16(13)23-19(24)28-10-17(25)11-2-5-14(21)15(22)8-11/h2-5,8-9H,6-7,10H2,1H3. The van der Waals surface area contributed by atoms with Gasteiger partial charge in [-0.2, -0.15) is 0 Å². The molecule has 0 saturated heterocycles. The molecular weight excluding hydrogens is 443 g/mol. The molecule has 1 heterocycles. The number of halogens is 3. The number of methoxy groups -OCH3 is 1. The average molecular weight is 458 g/mol. The Hall–Kier alpha value is -1.57. The molecule has 0 aliphatic heterocycles. The van der Waals surface area contributed by atoms with Crippen LogP contribution in [0.2, 0.25) is 15.1 Å². The lowest BCUT2D eigenvalue weighted by Crippen LogP contribution is -2.25. The zero-order chi connectivity index (χ0) is 20.3. The highest BCUT2D eigenvalue weighted by atomic mass is 35.5. The van der Waals surface area contributed by atoms with Crippen molar-refractivity contribution in [1.29, 1.82) is 0 Å². The molecule has 3 aromatic rings. The summed E-state index contributed by atoms with van der Waals surface area (Å²) in [5.74, 6) is -0.0639. The van der Waals surface area contributed by atoms with Gasteiger partial charge in [-0.3, -0.25) is 14.2 Å². The fourth-order valence-electron chi connectivity index (χ4n) is 2.55. The van der Waals surface area contributed by atoms with Gasteiger partial charge in [-0.05, 0) is 36.4 Å². The van der Waals surface area contributed by atoms with Crippen LogP contribution in [0.3, 0.4) is 0 Å². The molecular formula is C19H15Cl3N2O3S. The predicted molar refractivity (Wildman–Crippen MR) is 114 cm³/mol. The van der Waals surface area contributed by atoms with Gasteiger partial charge in [-0.25, -0.2) is 4.98 Å². The quantitative estimate of drug-likeness (QED) is 0.284. The molecule has 0 N–H and O–H groups in total. The van der Waals surface area contributed by atoms with Crippen molar-refractivity contribution in [3.8, 4) is 0 Å². The van der Waals surface area contributed by atoms with E-state index in [0.717, 1.165) is 0 Å². The minimum absolute atomic E-state index is 0.0868. The number of thioether (sulfide) groups is 1. The van der Waals surface area contributed by atoms with Crippen molar-refractivity contribution in [2.75, 3.05) is 19.5 Å². The van der Waals surface area contributed by atoms with Crippen LogP contribution in [0.4, 0.5) is 0 Å². The second-order valence-corrected chi connectivity index (χ2v) is 8.04. The Morgan fingerprint density at radius 2 is 1.93 bits per heavy atom. The van der Waals surface area contributed by atoms with Crippen molar-refractivity contribution in [1.82, 2.24) is 9.55 Å². The number of carbonyl (C=O) groups excluding carboxylic acids is 1. The van der Waals surface area contributed by atoms with Crippen LogP contribution in [0.25, 0.3) is 10.9 Å². The molecule has 0 atom stereocenters. The van der Waals surface area contributed by atoms with Crippen molar-refractivity contribution in [2.24, 2.45) is 0 Å². The van der Waals surface area contributed by atoms with E-state index in [1.54, 1.807) is 37.4 Å². The number of hydrogen-bond acceptors (Lipinski definition) is 5. The molecule has 0 amide bonds. The molecule has 146 valence electrons. The summed E-state index contributed by atoms with van der Waals surface area (Å²) in [5, 5.41) is 2.06. The molecule has 0 unspecified atom stereocenters. The first-order valence-electron chi connectivity index (χ1n) is 8.21. The summed E-state index contributed by atoms with van der Waals surface area (Å²) in [5.41, 5.74) is 0.718. The summed E-state index contributed by atoms with van der Waals surface area (Å²) in [4.78, 5) is 29.9. The Morgan fingerprint density at radius 3 is 2.64 bits per heavy atom. The Labute approximate surface area is 180 Å². The molecule has 0 fully saturated rings. The lowest BCUT2D eigenvalue weighted by molar-refractivity contribution is 0.102. The van der Waals surface area contributed by atoms with Crippen molar-refractivity contribution in [3.05, 3.63) is 67.4 Å².